The van der Waals surface area contributed by atoms with Crippen molar-refractivity contribution < 1.29 is 9.53 Å². The van der Waals surface area contributed by atoms with E-state index < -0.39 is 0 Å². The van der Waals surface area contributed by atoms with E-state index in [-0.39, 0.29) is 5.78 Å². The number of hydrogen-bond acceptors (Lipinski definition) is 4. The molecule has 2 aromatic rings. The molecular formula is C12H10BrNO2S. The Bertz CT molecular complexity index is 565. The van der Waals surface area contributed by atoms with Crippen molar-refractivity contribution >= 4 is 38.7 Å². The zero-order chi connectivity index (χ0) is 12.4. The Morgan fingerprint density at radius 2 is 2.18 bits per heavy atom. The van der Waals surface area contributed by atoms with Crippen LogP contribution in [0.3, 0.4) is 0 Å². The van der Waals surface area contributed by atoms with Gasteiger partial charge in [0, 0.05) is 16.2 Å². The molecule has 1 heterocycles. The number of methoxy groups -OCH3 is 1. The third kappa shape index (κ3) is 2.35. The fourth-order valence-electron chi connectivity index (χ4n) is 1.47. The highest BCUT2D eigenvalue weighted by Gasteiger charge is 2.18. The first-order valence-electron chi connectivity index (χ1n) is 4.84. The second kappa shape index (κ2) is 4.89. The van der Waals surface area contributed by atoms with E-state index >= 15 is 0 Å². The molecule has 0 saturated heterocycles. The fraction of sp³-hybridized carbons (Fsp3) is 0.0833. The van der Waals surface area contributed by atoms with Crippen LogP contribution in [0.5, 0.6) is 5.75 Å². The smallest absolute Gasteiger partial charge is 0.207 e. The Kier molecular flexibility index (Phi) is 3.49. The van der Waals surface area contributed by atoms with Gasteiger partial charge in [0.15, 0.2) is 0 Å². The Morgan fingerprint density at radius 3 is 2.76 bits per heavy atom. The SMILES string of the molecule is COc1cc(N)ccc1C(=O)c1sccc1Br. The zero-order valence-electron chi connectivity index (χ0n) is 9.07. The Hall–Kier alpha value is -1.33. The lowest BCUT2D eigenvalue weighted by molar-refractivity contribution is 0.103. The molecule has 0 bridgehead atoms. The summed E-state index contributed by atoms with van der Waals surface area (Å²) < 4.78 is 5.97. The minimum Gasteiger partial charge on any atom is -0.496 e. The van der Waals surface area contributed by atoms with Crippen molar-refractivity contribution in [1.29, 1.82) is 0 Å². The summed E-state index contributed by atoms with van der Waals surface area (Å²) in [4.78, 5) is 12.9. The molecule has 0 amide bonds. The first-order valence-corrected chi connectivity index (χ1v) is 6.52. The number of carbonyl (C=O) groups excluding carboxylic acids is 1. The lowest BCUT2D eigenvalue weighted by Gasteiger charge is -2.07. The third-order valence-corrected chi connectivity index (χ3v) is 4.13. The van der Waals surface area contributed by atoms with Gasteiger partial charge in [-0.05, 0) is 39.5 Å². The Morgan fingerprint density at radius 1 is 1.41 bits per heavy atom. The number of benzene rings is 1. The molecule has 17 heavy (non-hydrogen) atoms. The Balaban J connectivity index is 2.48. The van der Waals surface area contributed by atoms with Gasteiger partial charge in [0.25, 0.3) is 0 Å². The molecule has 2 N–H and O–H groups in total. The molecule has 2 rings (SSSR count). The zero-order valence-corrected chi connectivity index (χ0v) is 11.5. The molecule has 0 atom stereocenters. The molecule has 88 valence electrons. The number of thiophene rings is 1. The van der Waals surface area contributed by atoms with Crippen LogP contribution in [0.15, 0.2) is 34.1 Å². The summed E-state index contributed by atoms with van der Waals surface area (Å²) >= 11 is 4.74. The predicted octanol–water partition coefficient (Wildman–Crippen LogP) is 3.33. The summed E-state index contributed by atoms with van der Waals surface area (Å²) in [6, 6.07) is 6.87. The second-order valence-corrected chi connectivity index (χ2v) is 5.16. The molecule has 0 aliphatic rings. The average Bonchev–Trinajstić information content (AvgIpc) is 2.74. The maximum absolute atomic E-state index is 12.3. The van der Waals surface area contributed by atoms with Crippen LogP contribution in [0.1, 0.15) is 15.2 Å². The van der Waals surface area contributed by atoms with Gasteiger partial charge in [0.2, 0.25) is 5.78 Å². The molecular weight excluding hydrogens is 302 g/mol. The maximum atomic E-state index is 12.3. The number of halogens is 1. The first-order chi connectivity index (χ1) is 8.13. The predicted molar refractivity (Wildman–Crippen MR) is 72.9 cm³/mol. The summed E-state index contributed by atoms with van der Waals surface area (Å²) in [7, 11) is 1.52. The quantitative estimate of drug-likeness (QED) is 0.698. The van der Waals surface area contributed by atoms with E-state index in [1.807, 2.05) is 11.4 Å². The van der Waals surface area contributed by atoms with Crippen molar-refractivity contribution in [3.05, 3.63) is 44.6 Å². The lowest BCUT2D eigenvalue weighted by Crippen LogP contribution is -2.03. The molecule has 0 aliphatic heterocycles. The van der Waals surface area contributed by atoms with Gasteiger partial charge in [-0.3, -0.25) is 4.79 Å². The minimum absolute atomic E-state index is 0.0660. The van der Waals surface area contributed by atoms with E-state index in [1.54, 1.807) is 18.2 Å². The molecule has 0 unspecified atom stereocenters. The van der Waals surface area contributed by atoms with Crippen LogP contribution in [0.4, 0.5) is 5.69 Å². The van der Waals surface area contributed by atoms with E-state index in [4.69, 9.17) is 10.5 Å². The summed E-state index contributed by atoms with van der Waals surface area (Å²) in [5.74, 6) is 0.430. The van der Waals surface area contributed by atoms with Gasteiger partial charge >= 0.3 is 0 Å². The highest BCUT2D eigenvalue weighted by Crippen LogP contribution is 2.30. The van der Waals surface area contributed by atoms with Gasteiger partial charge in [0.05, 0.1) is 17.6 Å². The highest BCUT2D eigenvalue weighted by molar-refractivity contribution is 9.10. The monoisotopic (exact) mass is 311 g/mol. The van der Waals surface area contributed by atoms with Gasteiger partial charge in [0.1, 0.15) is 5.75 Å². The van der Waals surface area contributed by atoms with Crippen LogP contribution in [0.2, 0.25) is 0 Å². The number of carbonyl (C=O) groups is 1. The summed E-state index contributed by atoms with van der Waals surface area (Å²) in [6.45, 7) is 0. The minimum atomic E-state index is -0.0660. The normalized spacial score (nSPS) is 10.2. The summed E-state index contributed by atoms with van der Waals surface area (Å²) in [6.07, 6.45) is 0. The van der Waals surface area contributed by atoms with Crippen LogP contribution in [-0.4, -0.2) is 12.9 Å². The molecule has 0 radical (unpaired) electrons. The maximum Gasteiger partial charge on any atom is 0.207 e. The fourth-order valence-corrected chi connectivity index (χ4v) is 2.98. The number of nitrogen functional groups attached to an aromatic ring is 1. The molecule has 0 saturated carbocycles. The van der Waals surface area contributed by atoms with Crippen molar-refractivity contribution in [2.24, 2.45) is 0 Å². The molecule has 0 fully saturated rings. The molecule has 0 spiro atoms. The summed E-state index contributed by atoms with van der Waals surface area (Å²) in [5, 5.41) is 1.86. The van der Waals surface area contributed by atoms with Crippen LogP contribution in [-0.2, 0) is 0 Å². The summed E-state index contributed by atoms with van der Waals surface area (Å²) in [5.41, 5.74) is 6.75. The number of ether oxygens (including phenoxy) is 1. The lowest BCUT2D eigenvalue weighted by atomic mass is 10.1. The van der Waals surface area contributed by atoms with Crippen molar-refractivity contribution in [3.63, 3.8) is 0 Å². The number of rotatable bonds is 3. The highest BCUT2D eigenvalue weighted by atomic mass is 79.9. The standard InChI is InChI=1S/C12H10BrNO2S/c1-16-10-6-7(14)2-3-8(10)11(15)12-9(13)4-5-17-12/h2-6H,14H2,1H3. The van der Waals surface area contributed by atoms with E-state index in [0.717, 1.165) is 4.47 Å². The number of nitrogens with two attached hydrogens (primary N) is 1. The van der Waals surface area contributed by atoms with Crippen molar-refractivity contribution in [2.75, 3.05) is 12.8 Å². The van der Waals surface area contributed by atoms with E-state index in [0.29, 0.717) is 21.9 Å². The number of hydrogen-bond donors (Lipinski definition) is 1. The number of anilines is 1. The van der Waals surface area contributed by atoms with E-state index in [2.05, 4.69) is 15.9 Å². The van der Waals surface area contributed by atoms with Gasteiger partial charge in [-0.2, -0.15) is 0 Å². The molecule has 5 heteroatoms. The molecule has 0 aliphatic carbocycles. The number of ketones is 1. The van der Waals surface area contributed by atoms with Gasteiger partial charge < -0.3 is 10.5 Å². The van der Waals surface area contributed by atoms with Crippen molar-refractivity contribution in [1.82, 2.24) is 0 Å². The average molecular weight is 312 g/mol. The van der Waals surface area contributed by atoms with Crippen LogP contribution < -0.4 is 10.5 Å². The van der Waals surface area contributed by atoms with E-state index in [1.165, 1.54) is 18.4 Å². The largest absolute Gasteiger partial charge is 0.496 e. The van der Waals surface area contributed by atoms with Crippen molar-refractivity contribution in [2.45, 2.75) is 0 Å². The molecule has 3 nitrogen and oxygen atoms in total. The van der Waals surface area contributed by atoms with Gasteiger partial charge in [-0.15, -0.1) is 11.3 Å². The van der Waals surface area contributed by atoms with Crippen LogP contribution in [0.25, 0.3) is 0 Å². The topological polar surface area (TPSA) is 52.3 Å². The van der Waals surface area contributed by atoms with Crippen LogP contribution >= 0.6 is 27.3 Å². The van der Waals surface area contributed by atoms with Crippen LogP contribution in [0, 0.1) is 0 Å². The molecule has 1 aromatic heterocycles. The van der Waals surface area contributed by atoms with Gasteiger partial charge in [-0.25, -0.2) is 0 Å². The van der Waals surface area contributed by atoms with E-state index in [9.17, 15) is 4.79 Å². The first kappa shape index (κ1) is 12.1. The Labute approximate surface area is 111 Å². The van der Waals surface area contributed by atoms with Crippen molar-refractivity contribution in [3.8, 4) is 5.75 Å². The third-order valence-electron chi connectivity index (χ3n) is 2.29. The van der Waals surface area contributed by atoms with Gasteiger partial charge in [-0.1, -0.05) is 0 Å². The molecule has 1 aromatic carbocycles. The second-order valence-electron chi connectivity index (χ2n) is 3.39.